The summed E-state index contributed by atoms with van der Waals surface area (Å²) in [5.41, 5.74) is 1.53. The molecule has 1 saturated heterocycles. The summed E-state index contributed by atoms with van der Waals surface area (Å²) in [6, 6.07) is 8.27. The summed E-state index contributed by atoms with van der Waals surface area (Å²) < 4.78 is 1.75. The second-order valence-corrected chi connectivity index (χ2v) is 6.44. The topological polar surface area (TPSA) is 74.2 Å². The van der Waals surface area contributed by atoms with Crippen LogP contribution in [0.5, 0.6) is 0 Å². The Morgan fingerprint density at radius 3 is 2.79 bits per heavy atom. The van der Waals surface area contributed by atoms with E-state index in [4.69, 9.17) is 0 Å². The van der Waals surface area contributed by atoms with Crippen LogP contribution in [0.25, 0.3) is 10.9 Å². The molecule has 4 rings (SSSR count). The van der Waals surface area contributed by atoms with Crippen LogP contribution in [0, 0.1) is 0 Å². The molecule has 3 heterocycles. The molecule has 124 valence electrons. The maximum Gasteiger partial charge on any atom is 0.330 e. The van der Waals surface area contributed by atoms with Crippen molar-refractivity contribution >= 4 is 16.9 Å². The van der Waals surface area contributed by atoms with Crippen LogP contribution in [0.3, 0.4) is 0 Å². The molecule has 0 spiro atoms. The third-order valence-corrected chi connectivity index (χ3v) is 5.15. The Morgan fingerprint density at radius 2 is 2.08 bits per heavy atom. The zero-order chi connectivity index (χ0) is 16.6. The van der Waals surface area contributed by atoms with Crippen LogP contribution in [-0.4, -0.2) is 43.6 Å². The maximum atomic E-state index is 11.9. The number of nitrogens with one attached hydrogen (secondary N) is 1. The minimum atomic E-state index is -0.868. The standard InChI is InChI=1S/C18H20N4O2/c23-17(24)18(22-10-7-19-13-22)5-8-21(9-6-18)12-14-11-20-16-4-2-1-3-15(14)16/h1-4,7,10-11,13,20H,5-6,8-9,12H2,(H,23,24). The van der Waals surface area contributed by atoms with Crippen molar-refractivity contribution in [3.8, 4) is 0 Å². The number of carbonyl (C=O) groups is 1. The first-order chi connectivity index (χ1) is 11.7. The number of fused-ring (bicyclic) bond motifs is 1. The van der Waals surface area contributed by atoms with Gasteiger partial charge in [-0.3, -0.25) is 4.90 Å². The van der Waals surface area contributed by atoms with Gasteiger partial charge in [0.05, 0.1) is 6.33 Å². The molecule has 0 radical (unpaired) electrons. The first kappa shape index (κ1) is 15.0. The molecule has 1 aromatic carbocycles. The molecule has 0 amide bonds. The van der Waals surface area contributed by atoms with E-state index in [0.29, 0.717) is 12.8 Å². The molecule has 0 bridgehead atoms. The molecule has 0 saturated carbocycles. The van der Waals surface area contributed by atoms with Crippen molar-refractivity contribution in [2.45, 2.75) is 24.9 Å². The number of rotatable bonds is 4. The second-order valence-electron chi connectivity index (χ2n) is 6.44. The SMILES string of the molecule is O=C(O)C1(n2ccnc2)CCN(Cc2c[nH]c3ccccc23)CC1. The second kappa shape index (κ2) is 5.79. The van der Waals surface area contributed by atoms with E-state index in [0.717, 1.165) is 25.2 Å². The summed E-state index contributed by atoms with van der Waals surface area (Å²) in [7, 11) is 0. The van der Waals surface area contributed by atoms with Gasteiger partial charge in [0.1, 0.15) is 5.54 Å². The van der Waals surface area contributed by atoms with Gasteiger partial charge < -0.3 is 14.7 Å². The number of imidazole rings is 1. The Hall–Kier alpha value is -2.60. The third kappa shape index (κ3) is 2.39. The number of carboxylic acid groups (broad SMARTS) is 1. The predicted octanol–water partition coefficient (Wildman–Crippen LogP) is 2.44. The van der Waals surface area contributed by atoms with Gasteiger partial charge in [0.15, 0.2) is 0 Å². The summed E-state index contributed by atoms with van der Waals surface area (Å²) in [5.74, 6) is -0.771. The number of nitrogens with zero attached hydrogens (tertiary/aromatic N) is 3. The molecule has 1 fully saturated rings. The maximum absolute atomic E-state index is 11.9. The number of piperidine rings is 1. The van der Waals surface area contributed by atoms with E-state index in [2.05, 4.69) is 33.2 Å². The molecule has 24 heavy (non-hydrogen) atoms. The number of para-hydroxylation sites is 1. The lowest BCUT2D eigenvalue weighted by Crippen LogP contribution is -2.50. The summed E-state index contributed by atoms with van der Waals surface area (Å²) in [6.45, 7) is 2.34. The molecule has 6 heteroatoms. The fourth-order valence-electron chi connectivity index (χ4n) is 3.68. The molecular weight excluding hydrogens is 304 g/mol. The number of carboxylic acids is 1. The number of aromatic amines is 1. The number of aliphatic carboxylic acids is 1. The van der Waals surface area contributed by atoms with Crippen molar-refractivity contribution in [3.05, 3.63) is 54.7 Å². The first-order valence-corrected chi connectivity index (χ1v) is 8.18. The van der Waals surface area contributed by atoms with Crippen molar-refractivity contribution < 1.29 is 9.90 Å². The summed E-state index contributed by atoms with van der Waals surface area (Å²) in [4.78, 5) is 21.6. The zero-order valence-corrected chi connectivity index (χ0v) is 13.4. The number of hydrogen-bond donors (Lipinski definition) is 2. The number of aromatic nitrogens is 3. The first-order valence-electron chi connectivity index (χ1n) is 8.18. The van der Waals surface area contributed by atoms with Gasteiger partial charge in [0.25, 0.3) is 0 Å². The largest absolute Gasteiger partial charge is 0.479 e. The smallest absolute Gasteiger partial charge is 0.330 e. The highest BCUT2D eigenvalue weighted by molar-refractivity contribution is 5.83. The third-order valence-electron chi connectivity index (χ3n) is 5.15. The Bertz CT molecular complexity index is 845. The Labute approximate surface area is 139 Å². The molecule has 0 unspecified atom stereocenters. The number of H-pyrrole nitrogens is 1. The predicted molar refractivity (Wildman–Crippen MR) is 90.6 cm³/mol. The summed E-state index contributed by atoms with van der Waals surface area (Å²) >= 11 is 0. The van der Waals surface area contributed by atoms with E-state index in [1.165, 1.54) is 10.9 Å². The van der Waals surface area contributed by atoms with Gasteiger partial charge >= 0.3 is 5.97 Å². The minimum Gasteiger partial charge on any atom is -0.479 e. The highest BCUT2D eigenvalue weighted by Crippen LogP contribution is 2.31. The van der Waals surface area contributed by atoms with Crippen molar-refractivity contribution in [1.29, 1.82) is 0 Å². The van der Waals surface area contributed by atoms with Crippen LogP contribution in [0.15, 0.2) is 49.2 Å². The van der Waals surface area contributed by atoms with E-state index in [1.54, 1.807) is 23.3 Å². The van der Waals surface area contributed by atoms with Gasteiger partial charge in [-0.15, -0.1) is 0 Å². The van der Waals surface area contributed by atoms with Gasteiger partial charge in [-0.05, 0) is 24.5 Å². The Balaban J connectivity index is 1.51. The molecule has 0 aliphatic carbocycles. The minimum absolute atomic E-state index is 0.584. The normalized spacial score (nSPS) is 18.0. The lowest BCUT2D eigenvalue weighted by atomic mass is 9.87. The highest BCUT2D eigenvalue weighted by Gasteiger charge is 2.43. The highest BCUT2D eigenvalue weighted by atomic mass is 16.4. The lowest BCUT2D eigenvalue weighted by Gasteiger charge is -2.39. The van der Waals surface area contributed by atoms with Crippen LogP contribution in [0.2, 0.25) is 0 Å². The number of benzene rings is 1. The van der Waals surface area contributed by atoms with Crippen LogP contribution >= 0.6 is 0 Å². The van der Waals surface area contributed by atoms with E-state index in [9.17, 15) is 9.90 Å². The molecular formula is C18H20N4O2. The Kier molecular flexibility index (Phi) is 3.61. The van der Waals surface area contributed by atoms with E-state index >= 15 is 0 Å². The van der Waals surface area contributed by atoms with Crippen molar-refractivity contribution in [2.24, 2.45) is 0 Å². The van der Waals surface area contributed by atoms with Crippen molar-refractivity contribution in [3.63, 3.8) is 0 Å². The van der Waals surface area contributed by atoms with Crippen LogP contribution in [0.1, 0.15) is 18.4 Å². The molecule has 1 aliphatic heterocycles. The lowest BCUT2D eigenvalue weighted by molar-refractivity contribution is -0.150. The zero-order valence-electron chi connectivity index (χ0n) is 13.4. The average Bonchev–Trinajstić information content (AvgIpc) is 3.26. The van der Waals surface area contributed by atoms with E-state index < -0.39 is 11.5 Å². The monoisotopic (exact) mass is 324 g/mol. The van der Waals surface area contributed by atoms with Gasteiger partial charge in [-0.1, -0.05) is 18.2 Å². The molecule has 3 aromatic rings. The van der Waals surface area contributed by atoms with Crippen LogP contribution in [0.4, 0.5) is 0 Å². The number of likely N-dealkylation sites (tertiary alicyclic amines) is 1. The van der Waals surface area contributed by atoms with Crippen LogP contribution in [-0.2, 0) is 16.9 Å². The summed E-state index contributed by atoms with van der Waals surface area (Å²) in [5, 5.41) is 11.0. The average molecular weight is 324 g/mol. The van der Waals surface area contributed by atoms with Gasteiger partial charge in [0, 0.05) is 49.1 Å². The van der Waals surface area contributed by atoms with Crippen LogP contribution < -0.4 is 0 Å². The fourth-order valence-corrected chi connectivity index (χ4v) is 3.68. The molecule has 2 aromatic heterocycles. The Morgan fingerprint density at radius 1 is 1.29 bits per heavy atom. The molecule has 0 atom stereocenters. The molecule has 1 aliphatic rings. The van der Waals surface area contributed by atoms with Crippen molar-refractivity contribution in [1.82, 2.24) is 19.4 Å². The fraction of sp³-hybridized carbons (Fsp3) is 0.333. The van der Waals surface area contributed by atoms with E-state index in [-0.39, 0.29) is 0 Å². The molecule has 2 N–H and O–H groups in total. The summed E-state index contributed by atoms with van der Waals surface area (Å²) in [6.07, 6.45) is 8.23. The van der Waals surface area contributed by atoms with Gasteiger partial charge in [-0.2, -0.15) is 0 Å². The van der Waals surface area contributed by atoms with Crippen molar-refractivity contribution in [2.75, 3.05) is 13.1 Å². The van der Waals surface area contributed by atoms with Gasteiger partial charge in [-0.25, -0.2) is 9.78 Å². The van der Waals surface area contributed by atoms with E-state index in [1.807, 2.05) is 12.1 Å². The molecule has 6 nitrogen and oxygen atoms in total. The number of hydrogen-bond acceptors (Lipinski definition) is 3. The quantitative estimate of drug-likeness (QED) is 0.773. The van der Waals surface area contributed by atoms with Gasteiger partial charge in [0.2, 0.25) is 0 Å².